The van der Waals surface area contributed by atoms with Gasteiger partial charge in [-0.1, -0.05) is 87.4 Å². The van der Waals surface area contributed by atoms with E-state index in [4.69, 9.17) is 0 Å². The second-order valence-electron chi connectivity index (χ2n) is 6.02. The van der Waals surface area contributed by atoms with Crippen LogP contribution in [-0.2, 0) is 0 Å². The van der Waals surface area contributed by atoms with Gasteiger partial charge in [0, 0.05) is 11.1 Å². The Morgan fingerprint density at radius 1 is 0.652 bits per heavy atom. The molecule has 0 fully saturated rings. The SMILES string of the molecule is CCCCC(=C=C(CCCC)c1ccccc1)c1ccccc1. The molecule has 0 atom stereocenters. The summed E-state index contributed by atoms with van der Waals surface area (Å²) in [6, 6.07) is 21.5. The first-order valence-electron chi connectivity index (χ1n) is 8.94. The molecule has 0 aliphatic heterocycles. The summed E-state index contributed by atoms with van der Waals surface area (Å²) in [6.45, 7) is 4.50. The average molecular weight is 304 g/mol. The zero-order chi connectivity index (χ0) is 16.3. The molecule has 23 heavy (non-hydrogen) atoms. The smallest absolute Gasteiger partial charge is 0.00151 e. The van der Waals surface area contributed by atoms with Crippen molar-refractivity contribution in [2.24, 2.45) is 0 Å². The highest BCUT2D eigenvalue weighted by atomic mass is 14.1. The van der Waals surface area contributed by atoms with Crippen LogP contribution in [0.5, 0.6) is 0 Å². The van der Waals surface area contributed by atoms with E-state index in [9.17, 15) is 0 Å². The molecule has 2 rings (SSSR count). The summed E-state index contributed by atoms with van der Waals surface area (Å²) in [4.78, 5) is 0. The molecule has 0 amide bonds. The van der Waals surface area contributed by atoms with Crippen LogP contribution in [0.4, 0.5) is 0 Å². The van der Waals surface area contributed by atoms with Crippen LogP contribution >= 0.6 is 0 Å². The molecule has 0 bridgehead atoms. The molecular formula is C23H28. The van der Waals surface area contributed by atoms with Gasteiger partial charge >= 0.3 is 0 Å². The summed E-state index contributed by atoms with van der Waals surface area (Å²) in [5, 5.41) is 0. The van der Waals surface area contributed by atoms with Gasteiger partial charge in [0.15, 0.2) is 0 Å². The van der Waals surface area contributed by atoms with E-state index in [1.165, 1.54) is 48.0 Å². The van der Waals surface area contributed by atoms with Crippen LogP contribution < -0.4 is 0 Å². The van der Waals surface area contributed by atoms with Crippen molar-refractivity contribution in [1.29, 1.82) is 0 Å². The van der Waals surface area contributed by atoms with Crippen LogP contribution in [0.15, 0.2) is 66.4 Å². The largest absolute Gasteiger partial charge is 0.113 e. The third-order valence-electron chi connectivity index (χ3n) is 4.11. The molecule has 2 aromatic rings. The Balaban J connectivity index is 2.48. The minimum absolute atomic E-state index is 1.10. The third kappa shape index (κ3) is 5.58. The molecule has 0 unspecified atom stereocenters. The predicted octanol–water partition coefficient (Wildman–Crippen LogP) is 7.13. The molecule has 0 aliphatic rings. The van der Waals surface area contributed by atoms with Gasteiger partial charge in [-0.25, -0.2) is 0 Å². The maximum absolute atomic E-state index is 3.79. The Morgan fingerprint density at radius 2 is 1.04 bits per heavy atom. The Morgan fingerprint density at radius 3 is 1.39 bits per heavy atom. The summed E-state index contributed by atoms with van der Waals surface area (Å²) in [6.07, 6.45) is 7.06. The van der Waals surface area contributed by atoms with Crippen molar-refractivity contribution in [3.8, 4) is 0 Å². The minimum atomic E-state index is 1.10. The summed E-state index contributed by atoms with van der Waals surface area (Å²) >= 11 is 0. The standard InChI is InChI=1S/C23H28/c1-3-5-13-22(20-15-9-7-10-16-20)19-23(14-6-4-2)21-17-11-8-12-18-21/h7-12,15-18H,3-6,13-14H2,1-2H3. The Kier molecular flexibility index (Phi) is 7.43. The van der Waals surface area contributed by atoms with Crippen molar-refractivity contribution in [2.75, 3.05) is 0 Å². The number of unbranched alkanes of at least 4 members (excludes halogenated alkanes) is 2. The van der Waals surface area contributed by atoms with E-state index in [2.05, 4.69) is 80.2 Å². The summed E-state index contributed by atoms with van der Waals surface area (Å²) < 4.78 is 0. The molecule has 0 saturated heterocycles. The Labute approximate surface area is 141 Å². The minimum Gasteiger partial charge on any atom is -0.113 e. The van der Waals surface area contributed by atoms with Crippen molar-refractivity contribution in [1.82, 2.24) is 0 Å². The van der Waals surface area contributed by atoms with Crippen molar-refractivity contribution < 1.29 is 0 Å². The lowest BCUT2D eigenvalue weighted by atomic mass is 9.96. The predicted molar refractivity (Wildman–Crippen MR) is 102 cm³/mol. The van der Waals surface area contributed by atoms with Crippen LogP contribution in [-0.4, -0.2) is 0 Å². The van der Waals surface area contributed by atoms with Crippen LogP contribution in [0.25, 0.3) is 11.1 Å². The van der Waals surface area contributed by atoms with Gasteiger partial charge in [-0.05, 0) is 36.8 Å². The monoisotopic (exact) mass is 304 g/mol. The van der Waals surface area contributed by atoms with Gasteiger partial charge < -0.3 is 0 Å². The molecule has 120 valence electrons. The maximum Gasteiger partial charge on any atom is 0.00151 e. The van der Waals surface area contributed by atoms with Crippen LogP contribution in [0.3, 0.4) is 0 Å². The summed E-state index contributed by atoms with van der Waals surface area (Å²) in [7, 11) is 0. The summed E-state index contributed by atoms with van der Waals surface area (Å²) in [5.41, 5.74) is 9.11. The van der Waals surface area contributed by atoms with E-state index in [0.717, 1.165) is 12.8 Å². The molecule has 0 N–H and O–H groups in total. The van der Waals surface area contributed by atoms with E-state index in [0.29, 0.717) is 0 Å². The van der Waals surface area contributed by atoms with Crippen molar-refractivity contribution >= 4 is 11.1 Å². The first-order chi connectivity index (χ1) is 11.3. The second kappa shape index (κ2) is 9.87. The van der Waals surface area contributed by atoms with E-state index in [1.807, 2.05) is 0 Å². The molecule has 0 spiro atoms. The lowest BCUT2D eigenvalue weighted by molar-refractivity contribution is 0.820. The van der Waals surface area contributed by atoms with Crippen LogP contribution in [0.2, 0.25) is 0 Å². The third-order valence-corrected chi connectivity index (χ3v) is 4.11. The molecule has 0 saturated carbocycles. The number of benzene rings is 2. The van der Waals surface area contributed by atoms with Gasteiger partial charge in [-0.15, -0.1) is 5.73 Å². The fourth-order valence-electron chi connectivity index (χ4n) is 2.73. The number of rotatable bonds is 8. The molecule has 0 nitrogen and oxygen atoms in total. The van der Waals surface area contributed by atoms with Crippen LogP contribution in [0.1, 0.15) is 63.5 Å². The van der Waals surface area contributed by atoms with Gasteiger partial charge in [0.1, 0.15) is 0 Å². The fraction of sp³-hybridized carbons (Fsp3) is 0.348. The zero-order valence-corrected chi connectivity index (χ0v) is 14.5. The first-order valence-corrected chi connectivity index (χ1v) is 8.94. The van der Waals surface area contributed by atoms with E-state index < -0.39 is 0 Å². The van der Waals surface area contributed by atoms with Crippen molar-refractivity contribution in [3.63, 3.8) is 0 Å². The summed E-state index contributed by atoms with van der Waals surface area (Å²) in [5.74, 6) is 0. The Bertz CT molecular complexity index is 573. The fourth-order valence-corrected chi connectivity index (χ4v) is 2.73. The first kappa shape index (κ1) is 17.3. The van der Waals surface area contributed by atoms with Gasteiger partial charge in [0.05, 0.1) is 0 Å². The lowest BCUT2D eigenvalue weighted by Gasteiger charge is -2.08. The van der Waals surface area contributed by atoms with Crippen LogP contribution in [0, 0.1) is 0 Å². The lowest BCUT2D eigenvalue weighted by Crippen LogP contribution is -1.87. The quantitative estimate of drug-likeness (QED) is 0.455. The highest BCUT2D eigenvalue weighted by Crippen LogP contribution is 2.25. The van der Waals surface area contributed by atoms with Gasteiger partial charge in [-0.3, -0.25) is 0 Å². The van der Waals surface area contributed by atoms with E-state index in [-0.39, 0.29) is 0 Å². The van der Waals surface area contributed by atoms with Crippen molar-refractivity contribution in [2.45, 2.75) is 52.4 Å². The number of allylic oxidation sites excluding steroid dienone is 1. The Hall–Kier alpha value is -2.04. The van der Waals surface area contributed by atoms with Crippen molar-refractivity contribution in [3.05, 3.63) is 77.5 Å². The van der Waals surface area contributed by atoms with Gasteiger partial charge in [-0.2, -0.15) is 0 Å². The molecule has 2 aromatic carbocycles. The van der Waals surface area contributed by atoms with E-state index in [1.54, 1.807) is 0 Å². The second-order valence-corrected chi connectivity index (χ2v) is 6.02. The van der Waals surface area contributed by atoms with Gasteiger partial charge in [0.25, 0.3) is 0 Å². The highest BCUT2D eigenvalue weighted by Gasteiger charge is 2.04. The topological polar surface area (TPSA) is 0 Å². The molecule has 0 radical (unpaired) electrons. The zero-order valence-electron chi connectivity index (χ0n) is 14.5. The number of hydrogen-bond acceptors (Lipinski definition) is 0. The maximum atomic E-state index is 3.79. The van der Waals surface area contributed by atoms with E-state index >= 15 is 0 Å². The molecular weight excluding hydrogens is 276 g/mol. The normalized spacial score (nSPS) is 10.2. The average Bonchev–Trinajstić information content (AvgIpc) is 2.62. The number of hydrogen-bond donors (Lipinski definition) is 0. The molecule has 0 aromatic heterocycles. The molecule has 0 heteroatoms. The van der Waals surface area contributed by atoms with Gasteiger partial charge in [0.2, 0.25) is 0 Å². The molecule has 0 aliphatic carbocycles. The highest BCUT2D eigenvalue weighted by molar-refractivity contribution is 5.75. The molecule has 0 heterocycles.